The van der Waals surface area contributed by atoms with E-state index in [0.29, 0.717) is 28.0 Å². The van der Waals surface area contributed by atoms with E-state index in [1.165, 1.54) is 15.8 Å². The van der Waals surface area contributed by atoms with Crippen molar-refractivity contribution in [1.29, 1.82) is 0 Å². The Hall–Kier alpha value is -3.29. The lowest BCUT2D eigenvalue weighted by Gasteiger charge is -2.08. The van der Waals surface area contributed by atoms with Gasteiger partial charge in [-0.15, -0.1) is 0 Å². The van der Waals surface area contributed by atoms with Crippen molar-refractivity contribution in [2.24, 2.45) is 0 Å². The third-order valence-electron chi connectivity index (χ3n) is 4.63. The number of carbonyl (C=O) groups excluding carboxylic acids is 1. The van der Waals surface area contributed by atoms with Gasteiger partial charge in [0, 0.05) is 12.4 Å². The van der Waals surface area contributed by atoms with E-state index in [2.05, 4.69) is 34.6 Å². The van der Waals surface area contributed by atoms with Gasteiger partial charge in [-0.2, -0.15) is 10.2 Å². The SMILES string of the molecule is Cc1ccccc1Cn1cc(NC(=O)c2ccn(COc3cccc(Cl)c3Cl)n2)cn1. The molecule has 0 aliphatic heterocycles. The average molecular weight is 456 g/mol. The molecule has 0 radical (unpaired) electrons. The van der Waals surface area contributed by atoms with Gasteiger partial charge in [0.15, 0.2) is 12.4 Å². The van der Waals surface area contributed by atoms with Crippen LogP contribution in [0.1, 0.15) is 21.6 Å². The van der Waals surface area contributed by atoms with Crippen molar-refractivity contribution < 1.29 is 9.53 Å². The summed E-state index contributed by atoms with van der Waals surface area (Å²) in [4.78, 5) is 12.5. The number of aryl methyl sites for hydroxylation is 1. The van der Waals surface area contributed by atoms with Crippen molar-refractivity contribution in [3.63, 3.8) is 0 Å². The Morgan fingerprint density at radius 1 is 1.10 bits per heavy atom. The molecule has 0 fully saturated rings. The summed E-state index contributed by atoms with van der Waals surface area (Å²) in [5, 5.41) is 12.1. The fourth-order valence-corrected chi connectivity index (χ4v) is 3.30. The van der Waals surface area contributed by atoms with Crippen molar-refractivity contribution >= 4 is 34.8 Å². The highest BCUT2D eigenvalue weighted by Gasteiger charge is 2.12. The van der Waals surface area contributed by atoms with Crippen molar-refractivity contribution in [2.45, 2.75) is 20.2 Å². The van der Waals surface area contributed by atoms with E-state index in [4.69, 9.17) is 27.9 Å². The van der Waals surface area contributed by atoms with Crippen LogP contribution < -0.4 is 10.1 Å². The zero-order valence-corrected chi connectivity index (χ0v) is 18.1. The van der Waals surface area contributed by atoms with Crippen LogP contribution in [0, 0.1) is 6.92 Å². The lowest BCUT2D eigenvalue weighted by Crippen LogP contribution is -2.14. The van der Waals surface area contributed by atoms with Gasteiger partial charge in [-0.1, -0.05) is 53.5 Å². The number of rotatable bonds is 7. The van der Waals surface area contributed by atoms with E-state index < -0.39 is 0 Å². The van der Waals surface area contributed by atoms with E-state index in [9.17, 15) is 4.79 Å². The summed E-state index contributed by atoms with van der Waals surface area (Å²) in [5.74, 6) is 0.103. The first kappa shape index (κ1) is 21.0. The summed E-state index contributed by atoms with van der Waals surface area (Å²) >= 11 is 12.1. The summed E-state index contributed by atoms with van der Waals surface area (Å²) < 4.78 is 8.89. The maximum atomic E-state index is 12.5. The third kappa shape index (κ3) is 5.07. The van der Waals surface area contributed by atoms with Crippen LogP contribution in [-0.4, -0.2) is 25.5 Å². The highest BCUT2D eigenvalue weighted by atomic mass is 35.5. The van der Waals surface area contributed by atoms with Gasteiger partial charge in [-0.05, 0) is 36.2 Å². The minimum absolute atomic E-state index is 0.0850. The number of hydrogen-bond acceptors (Lipinski definition) is 4. The second kappa shape index (κ2) is 9.24. The average Bonchev–Trinajstić information content (AvgIpc) is 3.40. The summed E-state index contributed by atoms with van der Waals surface area (Å²) in [6.07, 6.45) is 5.04. The van der Waals surface area contributed by atoms with Crippen LogP contribution in [0.25, 0.3) is 0 Å². The molecule has 0 aliphatic rings. The van der Waals surface area contributed by atoms with E-state index >= 15 is 0 Å². The Balaban J connectivity index is 1.35. The first-order valence-electron chi connectivity index (χ1n) is 9.48. The molecule has 2 heterocycles. The van der Waals surface area contributed by atoms with Gasteiger partial charge in [0.05, 0.1) is 23.5 Å². The Morgan fingerprint density at radius 2 is 1.94 bits per heavy atom. The minimum Gasteiger partial charge on any atom is -0.470 e. The van der Waals surface area contributed by atoms with E-state index in [0.717, 1.165) is 0 Å². The molecule has 0 aliphatic carbocycles. The molecular weight excluding hydrogens is 437 g/mol. The fourth-order valence-electron chi connectivity index (χ4n) is 2.96. The zero-order chi connectivity index (χ0) is 21.8. The molecule has 0 saturated heterocycles. The predicted octanol–water partition coefficient (Wildman–Crippen LogP) is 5.03. The molecule has 1 amide bonds. The van der Waals surface area contributed by atoms with Gasteiger partial charge >= 0.3 is 0 Å². The van der Waals surface area contributed by atoms with Gasteiger partial charge in [-0.3, -0.25) is 9.48 Å². The maximum Gasteiger partial charge on any atom is 0.276 e. The van der Waals surface area contributed by atoms with Gasteiger partial charge in [0.25, 0.3) is 5.91 Å². The number of amides is 1. The summed E-state index contributed by atoms with van der Waals surface area (Å²) in [5.41, 5.74) is 3.21. The molecule has 1 N–H and O–H groups in total. The van der Waals surface area contributed by atoms with Crippen LogP contribution in [0.4, 0.5) is 5.69 Å². The first-order valence-corrected chi connectivity index (χ1v) is 10.2. The Kier molecular flexibility index (Phi) is 6.25. The van der Waals surface area contributed by atoms with Crippen molar-refractivity contribution in [2.75, 3.05) is 5.32 Å². The normalized spacial score (nSPS) is 10.8. The molecule has 2 aromatic carbocycles. The number of aromatic nitrogens is 4. The van der Waals surface area contributed by atoms with Crippen LogP contribution in [0.2, 0.25) is 10.0 Å². The largest absolute Gasteiger partial charge is 0.470 e. The number of anilines is 1. The van der Waals surface area contributed by atoms with E-state index in [1.54, 1.807) is 47.5 Å². The molecule has 0 unspecified atom stereocenters. The number of ether oxygens (including phenoxy) is 1. The molecule has 2 aromatic heterocycles. The molecule has 0 bridgehead atoms. The van der Waals surface area contributed by atoms with Crippen molar-refractivity contribution in [3.8, 4) is 5.75 Å². The highest BCUT2D eigenvalue weighted by molar-refractivity contribution is 6.42. The molecule has 0 spiro atoms. The predicted molar refractivity (Wildman–Crippen MR) is 120 cm³/mol. The van der Waals surface area contributed by atoms with Gasteiger partial charge < -0.3 is 10.1 Å². The molecule has 0 saturated carbocycles. The minimum atomic E-state index is -0.338. The van der Waals surface area contributed by atoms with Crippen LogP contribution in [0.3, 0.4) is 0 Å². The molecule has 7 nitrogen and oxygen atoms in total. The van der Waals surface area contributed by atoms with E-state index in [1.807, 2.05) is 12.1 Å². The molecule has 31 heavy (non-hydrogen) atoms. The van der Waals surface area contributed by atoms with Gasteiger partial charge in [0.2, 0.25) is 0 Å². The van der Waals surface area contributed by atoms with Gasteiger partial charge in [0.1, 0.15) is 10.8 Å². The quantitative estimate of drug-likeness (QED) is 0.423. The Morgan fingerprint density at radius 3 is 2.77 bits per heavy atom. The van der Waals surface area contributed by atoms with E-state index in [-0.39, 0.29) is 18.3 Å². The van der Waals surface area contributed by atoms with Crippen LogP contribution in [0.5, 0.6) is 5.75 Å². The van der Waals surface area contributed by atoms with Crippen LogP contribution >= 0.6 is 23.2 Å². The molecule has 158 valence electrons. The number of halogens is 2. The Labute approximate surface area is 189 Å². The summed E-state index contributed by atoms with van der Waals surface area (Å²) in [6.45, 7) is 2.77. The summed E-state index contributed by atoms with van der Waals surface area (Å²) in [6, 6.07) is 14.8. The highest BCUT2D eigenvalue weighted by Crippen LogP contribution is 2.31. The number of nitrogens with one attached hydrogen (secondary N) is 1. The molecule has 4 rings (SSSR count). The fraction of sp³-hybridized carbons (Fsp3) is 0.136. The smallest absolute Gasteiger partial charge is 0.276 e. The first-order chi connectivity index (χ1) is 15.0. The monoisotopic (exact) mass is 455 g/mol. The molecule has 0 atom stereocenters. The number of benzene rings is 2. The lowest BCUT2D eigenvalue weighted by atomic mass is 10.1. The maximum absolute atomic E-state index is 12.5. The summed E-state index contributed by atoms with van der Waals surface area (Å²) in [7, 11) is 0. The second-order valence-corrected chi connectivity index (χ2v) is 7.66. The zero-order valence-electron chi connectivity index (χ0n) is 16.6. The lowest BCUT2D eigenvalue weighted by molar-refractivity contribution is 0.102. The number of hydrogen-bond donors (Lipinski definition) is 1. The molecular formula is C22H19Cl2N5O2. The Bertz CT molecular complexity index is 1220. The topological polar surface area (TPSA) is 74.0 Å². The third-order valence-corrected chi connectivity index (χ3v) is 5.43. The second-order valence-electron chi connectivity index (χ2n) is 6.87. The molecule has 9 heteroatoms. The number of nitrogens with zero attached hydrogens (tertiary/aromatic N) is 4. The standard InChI is InChI=1S/C22H19Cl2N5O2/c1-15-5-2-3-6-16(15)12-29-13-17(11-25-29)26-22(30)19-9-10-28(27-19)14-31-20-8-4-7-18(23)21(20)24/h2-11,13H,12,14H2,1H3,(H,26,30). The van der Waals surface area contributed by atoms with Gasteiger partial charge in [-0.25, -0.2) is 4.68 Å². The van der Waals surface area contributed by atoms with Crippen LogP contribution in [0.15, 0.2) is 67.1 Å². The van der Waals surface area contributed by atoms with Crippen LogP contribution in [-0.2, 0) is 13.3 Å². The molecule has 4 aromatic rings. The van der Waals surface area contributed by atoms with Crippen molar-refractivity contribution in [1.82, 2.24) is 19.6 Å². The van der Waals surface area contributed by atoms with Crippen molar-refractivity contribution in [3.05, 3.63) is 94.0 Å². The number of carbonyl (C=O) groups is 1.